The van der Waals surface area contributed by atoms with Gasteiger partial charge in [0.05, 0.1) is 25.4 Å². The molecule has 7 atom stereocenters. The van der Waals surface area contributed by atoms with Crippen LogP contribution >= 0.6 is 0 Å². The van der Waals surface area contributed by atoms with Gasteiger partial charge in [-0.1, -0.05) is 352 Å². The highest BCUT2D eigenvalue weighted by atomic mass is 16.7. The third kappa shape index (κ3) is 60.7. The summed E-state index contributed by atoms with van der Waals surface area (Å²) in [6.45, 7) is 3.66. The fourth-order valence-electron chi connectivity index (χ4n) is 11.5. The topological polar surface area (TPSA) is 149 Å². The van der Waals surface area contributed by atoms with Crippen LogP contribution in [0, 0.1) is 0 Å². The molecule has 9 heteroatoms. The minimum Gasteiger partial charge on any atom is -0.394 e. The Morgan fingerprint density at radius 3 is 1.01 bits per heavy atom. The number of hydrogen-bond donors (Lipinski definition) is 6. The van der Waals surface area contributed by atoms with E-state index in [9.17, 15) is 30.3 Å². The molecule has 0 saturated carbocycles. The molecule has 95 heavy (non-hydrogen) atoms. The molecule has 0 aromatic carbocycles. The highest BCUT2D eigenvalue weighted by Crippen LogP contribution is 2.23. The first-order valence-electron chi connectivity index (χ1n) is 39.2. The number of aliphatic hydroxyl groups is 5. The van der Waals surface area contributed by atoms with Crippen molar-refractivity contribution in [3.05, 3.63) is 158 Å². The molecule has 1 rings (SSSR count). The van der Waals surface area contributed by atoms with Crippen LogP contribution in [0.3, 0.4) is 0 Å². The van der Waals surface area contributed by atoms with E-state index >= 15 is 0 Å². The predicted molar refractivity (Wildman–Crippen MR) is 409 cm³/mol. The van der Waals surface area contributed by atoms with E-state index in [1.54, 1.807) is 6.08 Å². The van der Waals surface area contributed by atoms with Crippen LogP contribution in [0.15, 0.2) is 158 Å². The predicted octanol–water partition coefficient (Wildman–Crippen LogP) is 22.6. The van der Waals surface area contributed by atoms with Crippen molar-refractivity contribution < 1.29 is 39.8 Å². The fourth-order valence-corrected chi connectivity index (χ4v) is 11.5. The molecule has 1 heterocycles. The quantitative estimate of drug-likeness (QED) is 0.0261. The maximum Gasteiger partial charge on any atom is 0.220 e. The molecule has 542 valence electrons. The minimum absolute atomic E-state index is 0.199. The van der Waals surface area contributed by atoms with Crippen LogP contribution in [0.2, 0.25) is 0 Å². The van der Waals surface area contributed by atoms with Crippen LogP contribution in [-0.4, -0.2) is 87.5 Å². The molecule has 1 aliphatic heterocycles. The molecule has 0 aromatic heterocycles. The summed E-state index contributed by atoms with van der Waals surface area (Å²) >= 11 is 0. The molecule has 0 aromatic rings. The zero-order valence-corrected chi connectivity index (χ0v) is 60.9. The third-order valence-corrected chi connectivity index (χ3v) is 17.6. The lowest BCUT2D eigenvalue weighted by atomic mass is 9.99. The van der Waals surface area contributed by atoms with Gasteiger partial charge in [-0.3, -0.25) is 4.79 Å². The molecule has 7 unspecified atom stereocenters. The standard InChI is InChI=1S/C86H145NO8/c1-3-5-7-9-11-13-15-17-19-21-23-25-27-29-31-33-35-36-37-38-39-40-41-42-43-44-46-48-50-52-54-56-58-60-62-64-66-68-70-72-74-76-82(90)87-79(78-94-86-85(93)84(92)83(91)81(77-88)95-86)80(89)75-73-71-69-67-65-63-61-59-57-55-53-51-49-47-45-34-32-30-28-26-24-22-20-18-16-14-12-10-8-6-4-2/h5,7,11,13,17,19,23,25,29,31,35-36,38-39,41-42,44,46,50,52,57,59,65,67,73,75,79-81,83-86,88-89,91-93H,3-4,6,8-10,12,14-16,18,20-22,24,26-28,30,32-34,37,40,43,45,47-49,51,53-56,58,60-64,66,68-72,74,76-78H2,1-2H3,(H,87,90)/b7-5-,13-11-,19-17-,25-23-,31-29-,36-35-,39-38-,42-41-,46-44-,52-50-,59-57+,67-65+,75-73+. The van der Waals surface area contributed by atoms with Crippen LogP contribution in [0.25, 0.3) is 0 Å². The van der Waals surface area contributed by atoms with Gasteiger partial charge in [0.2, 0.25) is 5.91 Å². The number of nitrogens with one attached hydrogen (secondary N) is 1. The largest absolute Gasteiger partial charge is 0.394 e. The number of rotatable bonds is 67. The van der Waals surface area contributed by atoms with Gasteiger partial charge in [0.25, 0.3) is 0 Å². The highest BCUT2D eigenvalue weighted by molar-refractivity contribution is 5.76. The summed E-state index contributed by atoms with van der Waals surface area (Å²) in [5, 5.41) is 54.8. The molecule has 1 saturated heterocycles. The van der Waals surface area contributed by atoms with E-state index in [1.807, 2.05) is 6.08 Å². The Morgan fingerprint density at radius 2 is 0.663 bits per heavy atom. The first kappa shape index (κ1) is 88.8. The Labute approximate surface area is 584 Å². The van der Waals surface area contributed by atoms with Crippen LogP contribution in [0.4, 0.5) is 0 Å². The molecular formula is C86H145NO8. The van der Waals surface area contributed by atoms with Crippen LogP contribution in [-0.2, 0) is 14.3 Å². The SMILES string of the molecule is CC/C=C\C/C=C\C/C=C\C/C=C\C/C=C\C/C=C\C/C=C\C/C=C\C/C=C\C/C=C\CCCCCCCCCCCCC(=O)NC(COC1OC(CO)C(O)C(O)C1O)C(O)/C=C/CC/C=C/CC/C=C/CCCCCCCCCCCCCCCCCCCCCCC. The minimum atomic E-state index is -1.59. The first-order chi connectivity index (χ1) is 46.8. The fraction of sp³-hybridized carbons (Fsp3) is 0.686. The highest BCUT2D eigenvalue weighted by Gasteiger charge is 2.44. The smallest absolute Gasteiger partial charge is 0.220 e. The van der Waals surface area contributed by atoms with E-state index in [4.69, 9.17) is 9.47 Å². The Balaban J connectivity index is 2.15. The molecule has 0 spiro atoms. The van der Waals surface area contributed by atoms with E-state index in [-0.39, 0.29) is 12.5 Å². The molecule has 0 aliphatic carbocycles. The normalized spacial score (nSPS) is 18.4. The number of unbranched alkanes of at least 4 members (excludes halogenated alkanes) is 33. The maximum absolute atomic E-state index is 13.2. The molecule has 0 bridgehead atoms. The van der Waals surface area contributed by atoms with E-state index in [1.165, 1.54) is 173 Å². The van der Waals surface area contributed by atoms with E-state index in [2.05, 4.69) is 165 Å². The summed E-state index contributed by atoms with van der Waals surface area (Å²) in [4.78, 5) is 13.2. The lowest BCUT2D eigenvalue weighted by Gasteiger charge is -2.40. The molecule has 1 fully saturated rings. The number of carbonyl (C=O) groups excluding carboxylic acids is 1. The van der Waals surface area contributed by atoms with Gasteiger partial charge < -0.3 is 40.3 Å². The Kier molecular flexibility index (Phi) is 67.8. The molecular weight excluding hydrogens is 1170 g/mol. The summed E-state index contributed by atoms with van der Waals surface area (Å²) in [7, 11) is 0. The van der Waals surface area contributed by atoms with Crippen molar-refractivity contribution >= 4 is 5.91 Å². The van der Waals surface area contributed by atoms with Gasteiger partial charge in [0.1, 0.15) is 24.4 Å². The molecule has 0 radical (unpaired) electrons. The summed E-state index contributed by atoms with van der Waals surface area (Å²) in [6.07, 6.45) is 107. The van der Waals surface area contributed by atoms with Gasteiger partial charge in [-0.15, -0.1) is 0 Å². The van der Waals surface area contributed by atoms with Crippen molar-refractivity contribution in [2.24, 2.45) is 0 Å². The van der Waals surface area contributed by atoms with Crippen molar-refractivity contribution in [2.45, 2.75) is 365 Å². The number of allylic oxidation sites excluding steroid dienone is 25. The summed E-state index contributed by atoms with van der Waals surface area (Å²) in [5.41, 5.74) is 0. The molecule has 6 N–H and O–H groups in total. The van der Waals surface area contributed by atoms with Gasteiger partial charge in [-0.2, -0.15) is 0 Å². The number of ether oxygens (including phenoxy) is 2. The lowest BCUT2D eigenvalue weighted by molar-refractivity contribution is -0.302. The molecule has 1 aliphatic rings. The van der Waals surface area contributed by atoms with Crippen molar-refractivity contribution in [3.63, 3.8) is 0 Å². The van der Waals surface area contributed by atoms with Crippen molar-refractivity contribution in [3.8, 4) is 0 Å². The summed E-state index contributed by atoms with van der Waals surface area (Å²) < 4.78 is 11.3. The average Bonchev–Trinajstić information content (AvgIpc) is 0.836. The number of carbonyl (C=O) groups is 1. The van der Waals surface area contributed by atoms with Crippen molar-refractivity contribution in [2.75, 3.05) is 13.2 Å². The second kappa shape index (κ2) is 72.6. The maximum atomic E-state index is 13.2. The second-order valence-electron chi connectivity index (χ2n) is 26.4. The summed E-state index contributed by atoms with van der Waals surface area (Å²) in [5.74, 6) is -0.199. The number of amides is 1. The monoisotopic (exact) mass is 1320 g/mol. The van der Waals surface area contributed by atoms with Crippen molar-refractivity contribution in [1.29, 1.82) is 0 Å². The van der Waals surface area contributed by atoms with Gasteiger partial charge in [-0.05, 0) is 122 Å². The Morgan fingerprint density at radius 1 is 0.368 bits per heavy atom. The van der Waals surface area contributed by atoms with Gasteiger partial charge >= 0.3 is 0 Å². The van der Waals surface area contributed by atoms with E-state index in [0.29, 0.717) is 6.42 Å². The molecule has 1 amide bonds. The molecule has 9 nitrogen and oxygen atoms in total. The Hall–Kier alpha value is -4.19. The van der Waals surface area contributed by atoms with Crippen molar-refractivity contribution in [1.82, 2.24) is 5.32 Å². The zero-order chi connectivity index (χ0) is 68.5. The first-order valence-corrected chi connectivity index (χ1v) is 39.2. The number of aliphatic hydroxyl groups excluding tert-OH is 5. The van der Waals surface area contributed by atoms with Crippen LogP contribution in [0.5, 0.6) is 0 Å². The van der Waals surface area contributed by atoms with Gasteiger partial charge in [0, 0.05) is 6.42 Å². The number of hydrogen-bond acceptors (Lipinski definition) is 8. The van der Waals surface area contributed by atoms with Crippen LogP contribution < -0.4 is 5.32 Å². The van der Waals surface area contributed by atoms with Crippen LogP contribution in [0.1, 0.15) is 322 Å². The summed E-state index contributed by atoms with van der Waals surface area (Å²) in [6, 6.07) is -0.844. The van der Waals surface area contributed by atoms with E-state index in [0.717, 1.165) is 128 Å². The second-order valence-corrected chi connectivity index (χ2v) is 26.4. The van der Waals surface area contributed by atoms with Gasteiger partial charge in [0.15, 0.2) is 6.29 Å². The average molecular weight is 1320 g/mol. The lowest BCUT2D eigenvalue weighted by Crippen LogP contribution is -2.60. The third-order valence-electron chi connectivity index (χ3n) is 17.6. The van der Waals surface area contributed by atoms with E-state index < -0.39 is 49.5 Å². The van der Waals surface area contributed by atoms with Gasteiger partial charge in [-0.25, -0.2) is 0 Å². The zero-order valence-electron chi connectivity index (χ0n) is 60.9. The Bertz CT molecular complexity index is 2070.